The van der Waals surface area contributed by atoms with E-state index in [0.29, 0.717) is 23.3 Å². The quantitative estimate of drug-likeness (QED) is 0.261. The van der Waals surface area contributed by atoms with Crippen molar-refractivity contribution in [2.45, 2.75) is 19.9 Å². The van der Waals surface area contributed by atoms with Crippen LogP contribution in [0.1, 0.15) is 25.5 Å². The third-order valence-corrected chi connectivity index (χ3v) is 5.91. The Morgan fingerprint density at radius 3 is 2.46 bits per heavy atom. The van der Waals surface area contributed by atoms with Crippen molar-refractivity contribution in [2.75, 3.05) is 6.61 Å². The molecule has 5 rings (SSSR count). The van der Waals surface area contributed by atoms with Crippen LogP contribution in [0.3, 0.4) is 0 Å². The first-order valence-electron chi connectivity index (χ1n) is 11.5. The summed E-state index contributed by atoms with van der Waals surface area (Å²) in [5.74, 6) is 0.146. The van der Waals surface area contributed by atoms with Gasteiger partial charge in [-0.2, -0.15) is 9.78 Å². The second kappa shape index (κ2) is 9.38. The minimum atomic E-state index is -0.507. The molecule has 35 heavy (non-hydrogen) atoms. The maximum absolute atomic E-state index is 13.4. The van der Waals surface area contributed by atoms with Crippen LogP contribution >= 0.6 is 0 Å². The van der Waals surface area contributed by atoms with Gasteiger partial charge in [0.1, 0.15) is 6.04 Å². The predicted molar refractivity (Wildman–Crippen MR) is 138 cm³/mol. The number of rotatable bonds is 6. The summed E-state index contributed by atoms with van der Waals surface area (Å²) in [5, 5.41) is 5.99. The molecule has 0 fully saturated rings. The van der Waals surface area contributed by atoms with E-state index in [9.17, 15) is 9.59 Å². The van der Waals surface area contributed by atoms with Crippen LogP contribution in [0.2, 0.25) is 0 Å². The molecular weight excluding hydrogens is 440 g/mol. The van der Waals surface area contributed by atoms with Crippen molar-refractivity contribution in [3.63, 3.8) is 0 Å². The Balaban J connectivity index is 1.67. The van der Waals surface area contributed by atoms with Crippen LogP contribution in [0.25, 0.3) is 33.2 Å². The van der Waals surface area contributed by atoms with Crippen molar-refractivity contribution in [3.8, 4) is 11.4 Å². The van der Waals surface area contributed by atoms with Crippen LogP contribution in [0.4, 0.5) is 0 Å². The van der Waals surface area contributed by atoms with E-state index < -0.39 is 6.04 Å². The second-order valence-electron chi connectivity index (χ2n) is 8.12. The number of hydrogen-bond acceptors (Lipinski definition) is 5. The van der Waals surface area contributed by atoms with Gasteiger partial charge in [0, 0.05) is 28.2 Å². The Hall–Kier alpha value is -4.52. The molecule has 0 amide bonds. The van der Waals surface area contributed by atoms with E-state index in [0.717, 1.165) is 22.0 Å². The van der Waals surface area contributed by atoms with E-state index in [1.54, 1.807) is 26.1 Å². The lowest BCUT2D eigenvalue weighted by molar-refractivity contribution is -0.146. The summed E-state index contributed by atoms with van der Waals surface area (Å²) in [4.78, 5) is 30.6. The van der Waals surface area contributed by atoms with E-state index in [1.165, 1.54) is 4.68 Å². The lowest BCUT2D eigenvalue weighted by atomic mass is 10.2. The van der Waals surface area contributed by atoms with E-state index >= 15 is 0 Å². The number of esters is 1. The van der Waals surface area contributed by atoms with E-state index in [-0.39, 0.29) is 11.5 Å². The summed E-state index contributed by atoms with van der Waals surface area (Å²) >= 11 is 0. The van der Waals surface area contributed by atoms with E-state index in [2.05, 4.69) is 5.10 Å². The Bertz CT molecular complexity index is 1620. The number of ether oxygens (including phenoxy) is 1. The molecule has 7 heteroatoms. The van der Waals surface area contributed by atoms with Crippen LogP contribution in [0.15, 0.2) is 95.0 Å². The molecule has 0 aliphatic carbocycles. The molecule has 5 aromatic rings. The molecule has 0 N–H and O–H groups in total. The van der Waals surface area contributed by atoms with E-state index in [4.69, 9.17) is 9.72 Å². The topological polar surface area (TPSA) is 78.5 Å². The third kappa shape index (κ3) is 4.12. The molecule has 0 radical (unpaired) electrons. The summed E-state index contributed by atoms with van der Waals surface area (Å²) in [7, 11) is 0. The zero-order chi connectivity index (χ0) is 24.4. The Kier molecular flexibility index (Phi) is 5.97. The van der Waals surface area contributed by atoms with Gasteiger partial charge in [0.15, 0.2) is 5.82 Å². The van der Waals surface area contributed by atoms with Crippen molar-refractivity contribution in [3.05, 3.63) is 101 Å². The monoisotopic (exact) mass is 464 g/mol. The van der Waals surface area contributed by atoms with Crippen LogP contribution in [-0.2, 0) is 9.53 Å². The highest BCUT2D eigenvalue weighted by atomic mass is 16.5. The van der Waals surface area contributed by atoms with Crippen LogP contribution in [0.5, 0.6) is 0 Å². The van der Waals surface area contributed by atoms with E-state index in [1.807, 2.05) is 83.6 Å². The molecule has 0 bridgehead atoms. The number of nitrogens with zero attached hydrogens (tertiary/aromatic N) is 4. The molecule has 0 spiro atoms. The summed E-state index contributed by atoms with van der Waals surface area (Å²) in [6, 6.07) is 24.0. The zero-order valence-electron chi connectivity index (χ0n) is 19.5. The van der Waals surface area contributed by atoms with Crippen molar-refractivity contribution in [1.82, 2.24) is 14.2 Å². The number of fused-ring (bicyclic) bond motifs is 2. The maximum atomic E-state index is 13.4. The number of benzene rings is 3. The highest BCUT2D eigenvalue weighted by molar-refractivity contribution is 6.00. The molecule has 0 aliphatic rings. The Morgan fingerprint density at radius 1 is 1.00 bits per heavy atom. The minimum Gasteiger partial charge on any atom is -0.464 e. The summed E-state index contributed by atoms with van der Waals surface area (Å²) in [5.41, 5.74) is 2.79. The zero-order valence-corrected chi connectivity index (χ0v) is 19.5. The smallest absolute Gasteiger partial charge is 0.328 e. The van der Waals surface area contributed by atoms with Crippen LogP contribution in [-0.4, -0.2) is 33.0 Å². The third-order valence-electron chi connectivity index (χ3n) is 5.91. The summed E-state index contributed by atoms with van der Waals surface area (Å²) in [6.45, 7) is 3.91. The number of carbonyl (C=O) groups is 1. The van der Waals surface area contributed by atoms with Gasteiger partial charge in [-0.3, -0.25) is 4.79 Å². The number of para-hydroxylation sites is 2. The van der Waals surface area contributed by atoms with Crippen molar-refractivity contribution >= 4 is 34.0 Å². The SMILES string of the molecule is CCOC(=O)[C@H](C)n1cc(C=Nn2c(-c3ccccc3)nc3ccccc3c2=O)c2ccccc21. The molecule has 0 aliphatic heterocycles. The standard InChI is InChI=1S/C28H24N4O3/c1-3-35-28(34)19(2)31-18-21(22-13-8-10-16-25(22)31)17-29-32-26(20-11-5-4-6-12-20)30-24-15-9-7-14-23(24)27(32)33/h4-19H,3H2,1-2H3/t19-/m0/s1. The van der Waals surface area contributed by atoms with Gasteiger partial charge in [-0.05, 0) is 32.0 Å². The average Bonchev–Trinajstić information content (AvgIpc) is 3.27. The van der Waals surface area contributed by atoms with Gasteiger partial charge < -0.3 is 9.30 Å². The molecule has 2 heterocycles. The molecular formula is C28H24N4O3. The molecule has 0 saturated heterocycles. The largest absolute Gasteiger partial charge is 0.464 e. The van der Waals surface area contributed by atoms with Gasteiger partial charge in [0.25, 0.3) is 5.56 Å². The lowest BCUT2D eigenvalue weighted by Gasteiger charge is -2.13. The van der Waals surface area contributed by atoms with Crippen molar-refractivity contribution in [2.24, 2.45) is 5.10 Å². The second-order valence-corrected chi connectivity index (χ2v) is 8.12. The first kappa shape index (κ1) is 22.3. The predicted octanol–water partition coefficient (Wildman–Crippen LogP) is 5.02. The van der Waals surface area contributed by atoms with Gasteiger partial charge in [-0.1, -0.05) is 60.7 Å². The van der Waals surface area contributed by atoms with Crippen LogP contribution in [0, 0.1) is 0 Å². The molecule has 3 aromatic carbocycles. The van der Waals surface area contributed by atoms with Gasteiger partial charge in [0.05, 0.1) is 23.7 Å². The molecule has 1 atom stereocenters. The first-order valence-corrected chi connectivity index (χ1v) is 11.5. The van der Waals surface area contributed by atoms with Gasteiger partial charge >= 0.3 is 5.97 Å². The molecule has 2 aromatic heterocycles. The molecule has 0 saturated carbocycles. The highest BCUT2D eigenvalue weighted by Crippen LogP contribution is 2.25. The molecule has 7 nitrogen and oxygen atoms in total. The Labute approximate surface area is 201 Å². The average molecular weight is 465 g/mol. The Morgan fingerprint density at radius 2 is 1.69 bits per heavy atom. The van der Waals surface area contributed by atoms with Gasteiger partial charge in [-0.25, -0.2) is 9.78 Å². The fourth-order valence-corrected chi connectivity index (χ4v) is 4.16. The molecule has 174 valence electrons. The fourth-order valence-electron chi connectivity index (χ4n) is 4.16. The fraction of sp³-hybridized carbons (Fsp3) is 0.143. The first-order chi connectivity index (χ1) is 17.1. The van der Waals surface area contributed by atoms with Crippen molar-refractivity contribution in [1.29, 1.82) is 0 Å². The maximum Gasteiger partial charge on any atom is 0.328 e. The number of carbonyl (C=O) groups excluding carboxylic acids is 1. The summed E-state index contributed by atoms with van der Waals surface area (Å²) in [6.07, 6.45) is 3.50. The lowest BCUT2D eigenvalue weighted by Crippen LogP contribution is -2.20. The minimum absolute atomic E-state index is 0.255. The number of hydrogen-bond donors (Lipinski definition) is 0. The van der Waals surface area contributed by atoms with Gasteiger partial charge in [-0.15, -0.1) is 0 Å². The number of aromatic nitrogens is 3. The normalized spacial score (nSPS) is 12.4. The van der Waals surface area contributed by atoms with Crippen molar-refractivity contribution < 1.29 is 9.53 Å². The highest BCUT2D eigenvalue weighted by Gasteiger charge is 2.19. The van der Waals surface area contributed by atoms with Gasteiger partial charge in [0.2, 0.25) is 0 Å². The van der Waals surface area contributed by atoms with Crippen LogP contribution < -0.4 is 5.56 Å². The molecule has 0 unspecified atom stereocenters. The summed E-state index contributed by atoms with van der Waals surface area (Å²) < 4.78 is 8.42.